The van der Waals surface area contributed by atoms with Crippen molar-refractivity contribution in [1.82, 2.24) is 0 Å². The summed E-state index contributed by atoms with van der Waals surface area (Å²) in [4.78, 5) is 23.2. The van der Waals surface area contributed by atoms with Crippen molar-refractivity contribution in [3.8, 4) is 0 Å². The Morgan fingerprint density at radius 3 is 2.37 bits per heavy atom. The van der Waals surface area contributed by atoms with Crippen LogP contribution in [0.5, 0.6) is 0 Å². The second-order valence-electron chi connectivity index (χ2n) is 4.10. The minimum Gasteiger partial charge on any atom is -0.322 e. The monoisotopic (exact) mass is 257 g/mol. The number of carbonyl (C=O) groups excluding carboxylic acids is 2. The predicted molar refractivity (Wildman–Crippen MR) is 70.8 cm³/mol. The molecule has 0 spiro atoms. The normalized spacial score (nSPS) is 10.0. The molecule has 2 aromatic rings. The van der Waals surface area contributed by atoms with E-state index in [0.29, 0.717) is 16.8 Å². The molecule has 3 nitrogen and oxygen atoms in total. The largest absolute Gasteiger partial charge is 0.322 e. The zero-order valence-corrected chi connectivity index (χ0v) is 10.3. The van der Waals surface area contributed by atoms with Crippen molar-refractivity contribution in [2.75, 3.05) is 5.32 Å². The van der Waals surface area contributed by atoms with Crippen LogP contribution in [-0.2, 0) is 0 Å². The van der Waals surface area contributed by atoms with E-state index in [0.717, 1.165) is 0 Å². The molecule has 0 aliphatic carbocycles. The molecule has 0 fully saturated rings. The van der Waals surface area contributed by atoms with Crippen LogP contribution in [-0.4, -0.2) is 11.7 Å². The van der Waals surface area contributed by atoms with Crippen LogP contribution in [0, 0.1) is 5.82 Å². The number of ketones is 1. The lowest BCUT2D eigenvalue weighted by atomic mass is 10.1. The Morgan fingerprint density at radius 2 is 1.68 bits per heavy atom. The zero-order valence-electron chi connectivity index (χ0n) is 10.3. The van der Waals surface area contributed by atoms with Gasteiger partial charge in [0.25, 0.3) is 5.91 Å². The highest BCUT2D eigenvalue weighted by Gasteiger charge is 2.08. The van der Waals surface area contributed by atoms with Gasteiger partial charge in [0.05, 0.1) is 0 Å². The van der Waals surface area contributed by atoms with Crippen LogP contribution in [0.2, 0.25) is 0 Å². The third-order valence-corrected chi connectivity index (χ3v) is 2.61. The topological polar surface area (TPSA) is 46.2 Å². The molecule has 1 amide bonds. The van der Waals surface area contributed by atoms with E-state index in [1.54, 1.807) is 24.3 Å². The summed E-state index contributed by atoms with van der Waals surface area (Å²) < 4.78 is 13.0. The van der Waals surface area contributed by atoms with Crippen LogP contribution >= 0.6 is 0 Å². The van der Waals surface area contributed by atoms with Crippen LogP contribution in [0.25, 0.3) is 0 Å². The summed E-state index contributed by atoms with van der Waals surface area (Å²) in [5, 5.41) is 2.57. The SMILES string of the molecule is CC(=O)c1cccc(C(=O)Nc2cccc(F)c2)c1. The predicted octanol–water partition coefficient (Wildman–Crippen LogP) is 3.28. The molecular formula is C15H12FNO2. The van der Waals surface area contributed by atoms with Crippen molar-refractivity contribution in [2.24, 2.45) is 0 Å². The van der Waals surface area contributed by atoms with E-state index in [4.69, 9.17) is 0 Å². The van der Waals surface area contributed by atoms with Gasteiger partial charge in [-0.15, -0.1) is 0 Å². The molecule has 2 aromatic carbocycles. The second-order valence-corrected chi connectivity index (χ2v) is 4.10. The van der Waals surface area contributed by atoms with Crippen molar-refractivity contribution < 1.29 is 14.0 Å². The fourth-order valence-corrected chi connectivity index (χ4v) is 1.65. The van der Waals surface area contributed by atoms with Gasteiger partial charge in [-0.05, 0) is 37.3 Å². The van der Waals surface area contributed by atoms with Gasteiger partial charge in [-0.3, -0.25) is 9.59 Å². The van der Waals surface area contributed by atoms with Crippen molar-refractivity contribution in [3.63, 3.8) is 0 Å². The van der Waals surface area contributed by atoms with E-state index in [9.17, 15) is 14.0 Å². The molecular weight excluding hydrogens is 245 g/mol. The van der Waals surface area contributed by atoms with Gasteiger partial charge < -0.3 is 5.32 Å². The molecule has 0 saturated carbocycles. The average Bonchev–Trinajstić information content (AvgIpc) is 2.39. The van der Waals surface area contributed by atoms with E-state index in [1.165, 1.54) is 31.2 Å². The van der Waals surface area contributed by atoms with Gasteiger partial charge in [-0.1, -0.05) is 18.2 Å². The highest BCUT2D eigenvalue weighted by Crippen LogP contribution is 2.12. The number of rotatable bonds is 3. The van der Waals surface area contributed by atoms with Crippen molar-refractivity contribution >= 4 is 17.4 Å². The van der Waals surface area contributed by atoms with E-state index in [-0.39, 0.29) is 11.7 Å². The maximum absolute atomic E-state index is 13.0. The summed E-state index contributed by atoms with van der Waals surface area (Å²) in [7, 11) is 0. The maximum atomic E-state index is 13.0. The lowest BCUT2D eigenvalue weighted by Crippen LogP contribution is -2.12. The number of amides is 1. The fourth-order valence-electron chi connectivity index (χ4n) is 1.65. The van der Waals surface area contributed by atoms with Gasteiger partial charge in [-0.25, -0.2) is 4.39 Å². The first-order chi connectivity index (χ1) is 9.06. The molecule has 0 aromatic heterocycles. The smallest absolute Gasteiger partial charge is 0.255 e. The number of nitrogens with one attached hydrogen (secondary N) is 1. The quantitative estimate of drug-likeness (QED) is 0.858. The van der Waals surface area contributed by atoms with Gasteiger partial charge >= 0.3 is 0 Å². The van der Waals surface area contributed by atoms with E-state index >= 15 is 0 Å². The lowest BCUT2D eigenvalue weighted by molar-refractivity contribution is 0.101. The number of anilines is 1. The Bertz CT molecular complexity index is 638. The number of halogens is 1. The van der Waals surface area contributed by atoms with Crippen molar-refractivity contribution in [2.45, 2.75) is 6.92 Å². The Hall–Kier alpha value is -2.49. The highest BCUT2D eigenvalue weighted by molar-refractivity contribution is 6.06. The highest BCUT2D eigenvalue weighted by atomic mass is 19.1. The van der Waals surface area contributed by atoms with Crippen molar-refractivity contribution in [1.29, 1.82) is 0 Å². The van der Waals surface area contributed by atoms with Crippen molar-refractivity contribution in [3.05, 3.63) is 65.5 Å². The molecule has 0 atom stereocenters. The third kappa shape index (κ3) is 3.25. The zero-order chi connectivity index (χ0) is 13.8. The molecule has 4 heteroatoms. The van der Waals surface area contributed by atoms with Crippen LogP contribution < -0.4 is 5.32 Å². The molecule has 0 unspecified atom stereocenters. The Kier molecular flexibility index (Phi) is 3.71. The summed E-state index contributed by atoms with van der Waals surface area (Å²) in [6, 6.07) is 12.0. The summed E-state index contributed by atoms with van der Waals surface area (Å²) >= 11 is 0. The van der Waals surface area contributed by atoms with Crippen LogP contribution in [0.1, 0.15) is 27.6 Å². The number of hydrogen-bond acceptors (Lipinski definition) is 2. The van der Waals surface area contributed by atoms with Gasteiger partial charge in [-0.2, -0.15) is 0 Å². The summed E-state index contributed by atoms with van der Waals surface area (Å²) in [5.74, 6) is -0.913. The average molecular weight is 257 g/mol. The van der Waals surface area contributed by atoms with Crippen LogP contribution in [0.3, 0.4) is 0 Å². The molecule has 1 N–H and O–H groups in total. The summed E-state index contributed by atoms with van der Waals surface area (Å²) in [6.07, 6.45) is 0. The summed E-state index contributed by atoms with van der Waals surface area (Å²) in [5.41, 5.74) is 1.20. The molecule has 0 bridgehead atoms. The first-order valence-corrected chi connectivity index (χ1v) is 5.74. The van der Waals surface area contributed by atoms with Gasteiger partial charge in [0.2, 0.25) is 0 Å². The van der Waals surface area contributed by atoms with Gasteiger partial charge in [0, 0.05) is 16.8 Å². The molecule has 96 valence electrons. The molecule has 0 radical (unpaired) electrons. The summed E-state index contributed by atoms with van der Waals surface area (Å²) in [6.45, 7) is 1.43. The maximum Gasteiger partial charge on any atom is 0.255 e. The number of carbonyl (C=O) groups is 2. The Labute approximate surface area is 110 Å². The Morgan fingerprint density at radius 1 is 1.00 bits per heavy atom. The number of Topliss-reactive ketones (excluding diaryl/α,β-unsaturated/α-hetero) is 1. The lowest BCUT2D eigenvalue weighted by Gasteiger charge is -2.06. The molecule has 0 aliphatic rings. The van der Waals surface area contributed by atoms with E-state index in [1.807, 2.05) is 0 Å². The molecule has 0 aliphatic heterocycles. The molecule has 0 saturated heterocycles. The molecule has 2 rings (SSSR count). The van der Waals surface area contributed by atoms with E-state index < -0.39 is 5.82 Å². The van der Waals surface area contributed by atoms with Gasteiger partial charge in [0.15, 0.2) is 5.78 Å². The Balaban J connectivity index is 2.20. The van der Waals surface area contributed by atoms with Crippen LogP contribution in [0.4, 0.5) is 10.1 Å². The minimum absolute atomic E-state index is 0.111. The third-order valence-electron chi connectivity index (χ3n) is 2.61. The molecule has 0 heterocycles. The minimum atomic E-state index is -0.421. The molecule has 19 heavy (non-hydrogen) atoms. The van der Waals surface area contributed by atoms with E-state index in [2.05, 4.69) is 5.32 Å². The van der Waals surface area contributed by atoms with Crippen LogP contribution in [0.15, 0.2) is 48.5 Å². The van der Waals surface area contributed by atoms with Gasteiger partial charge in [0.1, 0.15) is 5.82 Å². The fraction of sp³-hybridized carbons (Fsp3) is 0.0667. The standard InChI is InChI=1S/C15H12FNO2/c1-10(18)11-4-2-5-12(8-11)15(19)17-14-7-3-6-13(16)9-14/h2-9H,1H3,(H,17,19). The second kappa shape index (κ2) is 5.44. The number of benzene rings is 2. The first kappa shape index (κ1) is 13.0. The number of hydrogen-bond donors (Lipinski definition) is 1. The first-order valence-electron chi connectivity index (χ1n) is 5.74.